The van der Waals surface area contributed by atoms with Crippen LogP contribution in [0.2, 0.25) is 0 Å². The van der Waals surface area contributed by atoms with Gasteiger partial charge in [0.1, 0.15) is 24.6 Å². The molecule has 11 nitrogen and oxygen atoms in total. The molecule has 0 unspecified atom stereocenters. The zero-order chi connectivity index (χ0) is 24.8. The van der Waals surface area contributed by atoms with E-state index in [0.717, 1.165) is 39.7 Å². The van der Waals surface area contributed by atoms with Crippen LogP contribution in [0.3, 0.4) is 0 Å². The van der Waals surface area contributed by atoms with Gasteiger partial charge >= 0.3 is 0 Å². The van der Waals surface area contributed by atoms with Crippen LogP contribution in [0.4, 0.5) is 17.2 Å². The van der Waals surface area contributed by atoms with Gasteiger partial charge in [0.05, 0.1) is 29.7 Å². The highest BCUT2D eigenvalue weighted by molar-refractivity contribution is 6.10. The van der Waals surface area contributed by atoms with Crippen molar-refractivity contribution in [1.82, 2.24) is 24.5 Å². The first-order valence-electron chi connectivity index (χ1n) is 11.7. The van der Waals surface area contributed by atoms with E-state index in [0.29, 0.717) is 17.0 Å². The quantitative estimate of drug-likeness (QED) is 0.226. The maximum Gasteiger partial charge on any atom is 0.167 e. The van der Waals surface area contributed by atoms with Crippen LogP contribution in [0.25, 0.3) is 33.0 Å². The molecule has 11 heteroatoms. The van der Waals surface area contributed by atoms with Crippen molar-refractivity contribution in [3.63, 3.8) is 0 Å². The Labute approximate surface area is 205 Å². The molecule has 4 heterocycles. The normalized spacial score (nSPS) is 22.0. The van der Waals surface area contributed by atoms with Crippen molar-refractivity contribution in [2.45, 2.75) is 31.5 Å². The summed E-state index contributed by atoms with van der Waals surface area (Å²) in [6, 6.07) is 13.9. The number of fused-ring (bicyclic) bond motifs is 3. The molecule has 0 spiro atoms. The zero-order valence-electron chi connectivity index (χ0n) is 19.4. The summed E-state index contributed by atoms with van der Waals surface area (Å²) >= 11 is 0. The highest BCUT2D eigenvalue weighted by Crippen LogP contribution is 2.36. The number of hydrogen-bond donors (Lipinski definition) is 5. The monoisotopic (exact) mass is 487 g/mol. The summed E-state index contributed by atoms with van der Waals surface area (Å²) in [6.45, 7) is 2.42. The maximum absolute atomic E-state index is 10.5. The smallest absolute Gasteiger partial charge is 0.167 e. The molecule has 1 fully saturated rings. The third-order valence-electron chi connectivity index (χ3n) is 6.45. The number of para-hydroxylation sites is 1. The third kappa shape index (κ3) is 3.60. The van der Waals surface area contributed by atoms with Crippen molar-refractivity contribution in [3.05, 3.63) is 55.1 Å². The van der Waals surface area contributed by atoms with Crippen LogP contribution in [0.1, 0.15) is 13.2 Å². The number of aromatic nitrogens is 5. The van der Waals surface area contributed by atoms with Crippen LogP contribution in [0.5, 0.6) is 0 Å². The van der Waals surface area contributed by atoms with Gasteiger partial charge in [0.15, 0.2) is 23.2 Å². The Balaban J connectivity index is 1.48. The second kappa shape index (κ2) is 8.95. The van der Waals surface area contributed by atoms with Crippen molar-refractivity contribution in [2.24, 2.45) is 0 Å². The lowest BCUT2D eigenvalue weighted by atomic mass is 10.1. The summed E-state index contributed by atoms with van der Waals surface area (Å²) in [6.07, 6.45) is -1.44. The van der Waals surface area contributed by atoms with Gasteiger partial charge in [-0.05, 0) is 31.2 Å². The van der Waals surface area contributed by atoms with E-state index in [1.54, 1.807) is 0 Å². The molecule has 1 saturated heterocycles. The number of ether oxygens (including phenoxy) is 1. The number of imidazole rings is 1. The second-order valence-electron chi connectivity index (χ2n) is 8.67. The predicted octanol–water partition coefficient (Wildman–Crippen LogP) is 2.31. The molecule has 1 aliphatic heterocycles. The summed E-state index contributed by atoms with van der Waals surface area (Å²) in [5.41, 5.74) is 4.36. The molecule has 4 atom stereocenters. The number of anilines is 3. The Morgan fingerprint density at radius 1 is 1.00 bits per heavy atom. The lowest BCUT2D eigenvalue weighted by Crippen LogP contribution is -2.33. The molecule has 2 aromatic carbocycles. The maximum atomic E-state index is 10.5. The van der Waals surface area contributed by atoms with E-state index in [2.05, 4.69) is 31.7 Å². The van der Waals surface area contributed by atoms with Crippen molar-refractivity contribution in [2.75, 3.05) is 23.8 Å². The highest BCUT2D eigenvalue weighted by atomic mass is 16.6. The van der Waals surface area contributed by atoms with Crippen LogP contribution in [-0.4, -0.2) is 71.3 Å². The largest absolute Gasteiger partial charge is 0.394 e. The molecule has 184 valence electrons. The number of aliphatic hydroxyl groups excluding tert-OH is 3. The fourth-order valence-corrected chi connectivity index (χ4v) is 4.70. The van der Waals surface area contributed by atoms with Gasteiger partial charge in [0.2, 0.25) is 0 Å². The van der Waals surface area contributed by atoms with Crippen molar-refractivity contribution >= 4 is 50.2 Å². The van der Waals surface area contributed by atoms with Gasteiger partial charge in [0.25, 0.3) is 0 Å². The topological polar surface area (TPSA) is 150 Å². The van der Waals surface area contributed by atoms with Gasteiger partial charge in [-0.15, -0.1) is 0 Å². The van der Waals surface area contributed by atoms with Gasteiger partial charge in [-0.25, -0.2) is 19.9 Å². The Morgan fingerprint density at radius 3 is 2.64 bits per heavy atom. The predicted molar refractivity (Wildman–Crippen MR) is 135 cm³/mol. The summed E-state index contributed by atoms with van der Waals surface area (Å²) in [7, 11) is 0. The summed E-state index contributed by atoms with van der Waals surface area (Å²) < 4.78 is 7.21. The van der Waals surface area contributed by atoms with Crippen LogP contribution >= 0.6 is 0 Å². The van der Waals surface area contributed by atoms with Crippen LogP contribution < -0.4 is 10.6 Å². The Hall–Kier alpha value is -3.90. The average Bonchev–Trinajstić information content (AvgIpc) is 3.45. The molecule has 3 aromatic heterocycles. The number of hydrogen-bond acceptors (Lipinski definition) is 10. The lowest BCUT2D eigenvalue weighted by Gasteiger charge is -2.17. The molecule has 0 saturated carbocycles. The van der Waals surface area contributed by atoms with Crippen molar-refractivity contribution in [1.29, 1.82) is 0 Å². The third-order valence-corrected chi connectivity index (χ3v) is 6.45. The Morgan fingerprint density at radius 2 is 1.83 bits per heavy atom. The molecule has 0 aliphatic carbocycles. The molecular weight excluding hydrogens is 462 g/mol. The SMILES string of the molecule is CCNc1ccc2nc3ccccc3c(Nc3ncnc4c3ncn4[C@@H]3O[C@H](CO)[C@@H](O)[C@H]3O)c2c1. The summed E-state index contributed by atoms with van der Waals surface area (Å²) in [5, 5.41) is 38.8. The molecule has 5 aromatic rings. The van der Waals surface area contributed by atoms with E-state index in [1.807, 2.05) is 43.3 Å². The van der Waals surface area contributed by atoms with Gasteiger partial charge in [0, 0.05) is 23.0 Å². The van der Waals surface area contributed by atoms with Crippen LogP contribution in [0, 0.1) is 0 Å². The van der Waals surface area contributed by atoms with E-state index in [4.69, 9.17) is 9.72 Å². The number of aliphatic hydroxyl groups is 3. The second-order valence-corrected chi connectivity index (χ2v) is 8.67. The zero-order valence-corrected chi connectivity index (χ0v) is 19.4. The van der Waals surface area contributed by atoms with E-state index in [9.17, 15) is 15.3 Å². The number of pyridine rings is 1. The lowest BCUT2D eigenvalue weighted by molar-refractivity contribution is -0.0511. The minimum absolute atomic E-state index is 0.415. The van der Waals surface area contributed by atoms with Gasteiger partial charge < -0.3 is 30.7 Å². The minimum atomic E-state index is -1.25. The first-order valence-corrected chi connectivity index (χ1v) is 11.7. The fourth-order valence-electron chi connectivity index (χ4n) is 4.70. The molecule has 0 bridgehead atoms. The van der Waals surface area contributed by atoms with E-state index in [1.165, 1.54) is 17.2 Å². The fraction of sp³-hybridized carbons (Fsp3) is 0.280. The average molecular weight is 488 g/mol. The van der Waals surface area contributed by atoms with Gasteiger partial charge in [-0.3, -0.25) is 4.57 Å². The number of nitrogens with one attached hydrogen (secondary N) is 2. The minimum Gasteiger partial charge on any atom is -0.394 e. The molecule has 0 amide bonds. The van der Waals surface area contributed by atoms with E-state index >= 15 is 0 Å². The summed E-state index contributed by atoms with van der Waals surface area (Å²) in [5.74, 6) is 0.469. The molecule has 36 heavy (non-hydrogen) atoms. The van der Waals surface area contributed by atoms with Crippen molar-refractivity contribution in [3.8, 4) is 0 Å². The molecule has 5 N–H and O–H groups in total. The van der Waals surface area contributed by atoms with Gasteiger partial charge in [-0.1, -0.05) is 18.2 Å². The van der Waals surface area contributed by atoms with Crippen molar-refractivity contribution < 1.29 is 20.1 Å². The number of nitrogens with zero attached hydrogens (tertiary/aromatic N) is 5. The first kappa shape index (κ1) is 22.6. The number of benzene rings is 2. The standard InChI is InChI=1S/C25H25N7O4/c1-2-26-13-7-8-17-15(9-13)19(14-5-3-4-6-16(14)30-17)31-23-20-24(28-11-27-23)32(12-29-20)25-22(35)21(34)18(10-33)36-25/h3-9,11-12,18,21-22,25-26,33-35H,2,10H2,1H3,(H,27,28,30,31)/t18-,21-,22-,25-/m1/s1. The Bertz CT molecular complexity index is 1570. The Kier molecular flexibility index (Phi) is 5.61. The molecular formula is C25H25N7O4. The summed E-state index contributed by atoms with van der Waals surface area (Å²) in [4.78, 5) is 18.1. The van der Waals surface area contributed by atoms with Crippen LogP contribution in [-0.2, 0) is 4.74 Å². The highest BCUT2D eigenvalue weighted by Gasteiger charge is 2.44. The molecule has 1 aliphatic rings. The number of rotatable bonds is 6. The van der Waals surface area contributed by atoms with E-state index in [-0.39, 0.29) is 0 Å². The molecule has 6 rings (SSSR count). The van der Waals surface area contributed by atoms with E-state index < -0.39 is 31.1 Å². The molecule has 0 radical (unpaired) electrons. The van der Waals surface area contributed by atoms with Crippen LogP contribution in [0.15, 0.2) is 55.1 Å². The first-order chi connectivity index (χ1) is 17.6. The van der Waals surface area contributed by atoms with Gasteiger partial charge in [-0.2, -0.15) is 0 Å².